The molecule has 0 atom stereocenters. The van der Waals surface area contributed by atoms with Gasteiger partial charge in [-0.25, -0.2) is 0 Å². The highest BCUT2D eigenvalue weighted by Gasteiger charge is 2.10. The predicted octanol–water partition coefficient (Wildman–Crippen LogP) is 4.33. The largest absolute Gasteiger partial charge is 0.399 e. The molecule has 3 nitrogen and oxygen atoms in total. The second-order valence-electron chi connectivity index (χ2n) is 5.99. The molecule has 0 saturated heterocycles. The van der Waals surface area contributed by atoms with E-state index in [4.69, 9.17) is 5.73 Å². The summed E-state index contributed by atoms with van der Waals surface area (Å²) in [5, 5.41) is 1.93. The molecule has 0 bridgehead atoms. The Morgan fingerprint density at radius 1 is 1.04 bits per heavy atom. The zero-order chi connectivity index (χ0) is 16.4. The minimum atomic E-state index is 0.0600. The molecule has 4 heteroatoms. The van der Waals surface area contributed by atoms with Crippen LogP contribution in [0.3, 0.4) is 0 Å². The fraction of sp³-hybridized carbons (Fsp3) is 0.211. The van der Waals surface area contributed by atoms with Crippen LogP contribution in [0.5, 0.6) is 0 Å². The van der Waals surface area contributed by atoms with Crippen LogP contribution in [0.15, 0.2) is 58.7 Å². The van der Waals surface area contributed by atoms with Crippen molar-refractivity contribution in [3.8, 4) is 11.3 Å². The maximum atomic E-state index is 12.2. The Balaban J connectivity index is 1.95. The molecule has 3 rings (SSSR count). The molecule has 2 aromatic carbocycles. The maximum absolute atomic E-state index is 12.2. The molecule has 3 aromatic rings. The second kappa shape index (κ2) is 6.42. The normalized spacial score (nSPS) is 11.1. The Labute approximate surface area is 140 Å². The number of thiazole rings is 1. The van der Waals surface area contributed by atoms with Crippen LogP contribution in [-0.2, 0) is 6.54 Å². The van der Waals surface area contributed by atoms with Crippen molar-refractivity contribution in [2.24, 2.45) is 0 Å². The van der Waals surface area contributed by atoms with Crippen LogP contribution in [0.25, 0.3) is 11.3 Å². The number of aromatic nitrogens is 1. The first-order chi connectivity index (χ1) is 11.0. The summed E-state index contributed by atoms with van der Waals surface area (Å²) in [6.45, 7) is 4.91. The first kappa shape index (κ1) is 15.6. The molecule has 0 unspecified atom stereocenters. The monoisotopic (exact) mass is 324 g/mol. The summed E-state index contributed by atoms with van der Waals surface area (Å²) in [6.07, 6.45) is 0. The summed E-state index contributed by atoms with van der Waals surface area (Å²) in [6, 6.07) is 16.1. The third-order valence-electron chi connectivity index (χ3n) is 3.98. The molecular weight excluding hydrogens is 304 g/mol. The topological polar surface area (TPSA) is 48.0 Å². The Morgan fingerprint density at radius 2 is 1.70 bits per heavy atom. The number of rotatable bonds is 4. The number of nitrogens with zero attached hydrogens (tertiary/aromatic N) is 1. The van der Waals surface area contributed by atoms with E-state index in [-0.39, 0.29) is 4.87 Å². The van der Waals surface area contributed by atoms with Gasteiger partial charge in [0.25, 0.3) is 0 Å². The Morgan fingerprint density at radius 3 is 2.30 bits per heavy atom. The molecule has 23 heavy (non-hydrogen) atoms. The highest BCUT2D eigenvalue weighted by molar-refractivity contribution is 7.07. The van der Waals surface area contributed by atoms with Crippen LogP contribution in [0.1, 0.15) is 30.9 Å². The van der Waals surface area contributed by atoms with Crippen LogP contribution in [0, 0.1) is 0 Å². The number of nitrogens with two attached hydrogens (primary N) is 1. The minimum Gasteiger partial charge on any atom is -0.399 e. The van der Waals surface area contributed by atoms with Crippen LogP contribution in [0.2, 0.25) is 0 Å². The third kappa shape index (κ3) is 3.37. The average molecular weight is 324 g/mol. The van der Waals surface area contributed by atoms with Crippen molar-refractivity contribution in [1.82, 2.24) is 4.57 Å². The van der Waals surface area contributed by atoms with Crippen LogP contribution in [-0.4, -0.2) is 4.57 Å². The first-order valence-corrected chi connectivity index (χ1v) is 8.55. The number of hydrogen-bond donors (Lipinski definition) is 1. The maximum Gasteiger partial charge on any atom is 0.307 e. The van der Waals surface area contributed by atoms with Gasteiger partial charge >= 0.3 is 4.87 Å². The average Bonchev–Trinajstić information content (AvgIpc) is 2.91. The first-order valence-electron chi connectivity index (χ1n) is 7.67. The Bertz CT molecular complexity index is 842. The van der Waals surface area contributed by atoms with Gasteiger partial charge in [0.2, 0.25) is 0 Å². The molecule has 0 aliphatic rings. The molecule has 0 spiro atoms. The van der Waals surface area contributed by atoms with Crippen molar-refractivity contribution in [2.45, 2.75) is 26.3 Å². The molecule has 0 fully saturated rings. The predicted molar refractivity (Wildman–Crippen MR) is 98.1 cm³/mol. The van der Waals surface area contributed by atoms with Gasteiger partial charge in [0.05, 0.1) is 12.2 Å². The van der Waals surface area contributed by atoms with Gasteiger partial charge in [0, 0.05) is 11.1 Å². The van der Waals surface area contributed by atoms with E-state index in [1.165, 1.54) is 16.9 Å². The van der Waals surface area contributed by atoms with Crippen molar-refractivity contribution in [2.75, 3.05) is 5.73 Å². The summed E-state index contributed by atoms with van der Waals surface area (Å²) < 4.78 is 1.82. The Kier molecular flexibility index (Phi) is 4.35. The van der Waals surface area contributed by atoms with Crippen molar-refractivity contribution in [1.29, 1.82) is 0 Å². The fourth-order valence-corrected chi connectivity index (χ4v) is 3.32. The van der Waals surface area contributed by atoms with E-state index in [9.17, 15) is 4.79 Å². The zero-order valence-electron chi connectivity index (χ0n) is 13.3. The number of anilines is 1. The van der Waals surface area contributed by atoms with E-state index in [1.54, 1.807) is 0 Å². The molecule has 0 aliphatic carbocycles. The van der Waals surface area contributed by atoms with Gasteiger partial charge in [0.1, 0.15) is 0 Å². The SMILES string of the molecule is CC(C)c1ccc(-c2csc(=O)n2Cc2ccc(N)cc2)cc1. The highest BCUT2D eigenvalue weighted by atomic mass is 32.1. The van der Waals surface area contributed by atoms with Crippen molar-refractivity contribution in [3.63, 3.8) is 0 Å². The molecule has 1 heterocycles. The smallest absolute Gasteiger partial charge is 0.307 e. The summed E-state index contributed by atoms with van der Waals surface area (Å²) in [5.41, 5.74) is 10.9. The highest BCUT2D eigenvalue weighted by Crippen LogP contribution is 2.24. The lowest BCUT2D eigenvalue weighted by atomic mass is 10.0. The quantitative estimate of drug-likeness (QED) is 0.726. The molecule has 1 aromatic heterocycles. The molecule has 0 amide bonds. The number of nitrogen functional groups attached to an aromatic ring is 1. The van der Waals surface area contributed by atoms with Gasteiger partial charge in [-0.15, -0.1) is 0 Å². The minimum absolute atomic E-state index is 0.0600. The standard InChI is InChI=1S/C19H20N2OS/c1-13(2)15-5-7-16(8-6-15)18-12-23-19(22)21(18)11-14-3-9-17(20)10-4-14/h3-10,12-13H,11,20H2,1-2H3. The van der Waals surface area contributed by atoms with E-state index in [0.717, 1.165) is 22.5 Å². The lowest BCUT2D eigenvalue weighted by Gasteiger charge is -2.10. The number of hydrogen-bond acceptors (Lipinski definition) is 3. The number of benzene rings is 2. The van der Waals surface area contributed by atoms with E-state index in [1.807, 2.05) is 34.2 Å². The van der Waals surface area contributed by atoms with Gasteiger partial charge in [-0.3, -0.25) is 9.36 Å². The molecule has 0 aliphatic heterocycles. The fourth-order valence-electron chi connectivity index (χ4n) is 2.55. The van der Waals surface area contributed by atoms with E-state index >= 15 is 0 Å². The van der Waals surface area contributed by atoms with Crippen molar-refractivity contribution in [3.05, 3.63) is 74.7 Å². The molecule has 0 radical (unpaired) electrons. The van der Waals surface area contributed by atoms with Gasteiger partial charge in [-0.2, -0.15) is 0 Å². The van der Waals surface area contributed by atoms with Crippen LogP contribution < -0.4 is 10.6 Å². The van der Waals surface area contributed by atoms with Crippen LogP contribution in [0.4, 0.5) is 5.69 Å². The summed E-state index contributed by atoms with van der Waals surface area (Å²) in [7, 11) is 0. The lowest BCUT2D eigenvalue weighted by Crippen LogP contribution is -2.15. The molecule has 0 saturated carbocycles. The molecule has 118 valence electrons. The summed E-state index contributed by atoms with van der Waals surface area (Å²) in [5.74, 6) is 0.503. The van der Waals surface area contributed by atoms with Gasteiger partial charge < -0.3 is 5.73 Å². The van der Waals surface area contributed by atoms with Gasteiger partial charge in [-0.05, 0) is 34.7 Å². The summed E-state index contributed by atoms with van der Waals surface area (Å²) in [4.78, 5) is 12.3. The van der Waals surface area contributed by atoms with Crippen LogP contribution >= 0.6 is 11.3 Å². The molecule has 2 N–H and O–H groups in total. The second-order valence-corrected chi connectivity index (χ2v) is 6.81. The van der Waals surface area contributed by atoms with E-state index in [0.29, 0.717) is 12.5 Å². The Hall–Kier alpha value is -2.33. The zero-order valence-corrected chi connectivity index (χ0v) is 14.1. The van der Waals surface area contributed by atoms with Crippen molar-refractivity contribution >= 4 is 17.0 Å². The molecular formula is C19H20N2OS. The lowest BCUT2D eigenvalue weighted by molar-refractivity contribution is 0.792. The summed E-state index contributed by atoms with van der Waals surface area (Å²) >= 11 is 1.24. The van der Waals surface area contributed by atoms with Crippen molar-refractivity contribution < 1.29 is 0 Å². The van der Waals surface area contributed by atoms with E-state index in [2.05, 4.69) is 38.1 Å². The van der Waals surface area contributed by atoms with Gasteiger partial charge in [-0.1, -0.05) is 61.6 Å². The third-order valence-corrected chi connectivity index (χ3v) is 4.74. The van der Waals surface area contributed by atoms with Gasteiger partial charge in [0.15, 0.2) is 0 Å². The van der Waals surface area contributed by atoms with E-state index < -0.39 is 0 Å².